The van der Waals surface area contributed by atoms with E-state index in [9.17, 15) is 0 Å². The summed E-state index contributed by atoms with van der Waals surface area (Å²) < 4.78 is 8.77. The number of hydrogen-bond donors (Lipinski definition) is 1. The molecule has 51 heavy (non-hydrogen) atoms. The monoisotopic (exact) mass is 654 g/mol. The number of para-hydroxylation sites is 3. The molecule has 1 unspecified atom stereocenters. The second-order valence-corrected chi connectivity index (χ2v) is 13.5. The van der Waals surface area contributed by atoms with Gasteiger partial charge < -0.3 is 14.7 Å². The molecular weight excluding hydrogens is 621 g/mol. The first-order valence-electron chi connectivity index (χ1n) is 17.6. The fourth-order valence-corrected chi connectivity index (χ4v) is 7.89. The molecule has 0 fully saturated rings. The van der Waals surface area contributed by atoms with Crippen molar-refractivity contribution in [1.82, 2.24) is 4.57 Å². The Balaban J connectivity index is 1.03. The van der Waals surface area contributed by atoms with E-state index in [1.807, 2.05) is 18.2 Å². The van der Waals surface area contributed by atoms with Crippen LogP contribution >= 0.6 is 0 Å². The van der Waals surface area contributed by atoms with Gasteiger partial charge in [-0.15, -0.1) is 0 Å². The summed E-state index contributed by atoms with van der Waals surface area (Å²) in [7, 11) is 0. The highest BCUT2D eigenvalue weighted by atomic mass is 16.3. The molecule has 0 radical (unpaired) electrons. The second-order valence-electron chi connectivity index (χ2n) is 13.5. The number of hydrogen-bond acceptors (Lipinski definition) is 2. The number of furan rings is 1. The smallest absolute Gasteiger partial charge is 0.139 e. The Labute approximate surface area is 296 Å². The number of nitrogens with two attached hydrogens (primary N) is 1. The standard InChI is InChI=1S/C48H34N2O/c49-38-25-21-32(22-26-38)31-13-15-33(16-14-31)36-23-27-45-43(29-36)44-30-37(24-28-46(44)50(45)39-7-2-1-3-8-39)34-17-19-35(20-18-34)40-10-6-11-42-41-9-4-5-12-47(41)51-48(40)42/h1-19,21-30,35H,20,49H2. The second kappa shape index (κ2) is 11.8. The van der Waals surface area contributed by atoms with Crippen LogP contribution in [0.4, 0.5) is 5.69 Å². The van der Waals surface area contributed by atoms with Crippen LogP contribution in [0.25, 0.3) is 77.3 Å². The molecule has 242 valence electrons. The van der Waals surface area contributed by atoms with Crippen molar-refractivity contribution < 1.29 is 4.42 Å². The quantitative estimate of drug-likeness (QED) is 0.188. The average molecular weight is 655 g/mol. The van der Waals surface area contributed by atoms with Crippen LogP contribution in [0.15, 0.2) is 180 Å². The molecule has 1 aliphatic carbocycles. The molecule has 2 aromatic heterocycles. The largest absolute Gasteiger partial charge is 0.456 e. The lowest BCUT2D eigenvalue weighted by molar-refractivity contribution is 0.657. The molecule has 0 aliphatic heterocycles. The number of benzene rings is 7. The number of rotatable bonds is 5. The van der Waals surface area contributed by atoms with Gasteiger partial charge in [-0.1, -0.05) is 121 Å². The van der Waals surface area contributed by atoms with Crippen molar-refractivity contribution in [2.75, 3.05) is 5.73 Å². The molecule has 7 aromatic carbocycles. The maximum atomic E-state index is 6.39. The first-order valence-corrected chi connectivity index (χ1v) is 17.6. The topological polar surface area (TPSA) is 44.1 Å². The fraction of sp³-hybridized carbons (Fsp3) is 0.0417. The normalized spacial score (nSPS) is 14.5. The lowest BCUT2D eigenvalue weighted by Gasteiger charge is -2.17. The first-order chi connectivity index (χ1) is 25.2. The van der Waals surface area contributed by atoms with Gasteiger partial charge in [0.2, 0.25) is 0 Å². The van der Waals surface area contributed by atoms with E-state index < -0.39 is 0 Å². The van der Waals surface area contributed by atoms with Crippen molar-refractivity contribution in [3.8, 4) is 27.9 Å². The first kappa shape index (κ1) is 29.3. The highest BCUT2D eigenvalue weighted by Crippen LogP contribution is 2.40. The zero-order valence-electron chi connectivity index (χ0n) is 28.0. The Morgan fingerprint density at radius 2 is 1.14 bits per heavy atom. The van der Waals surface area contributed by atoms with E-state index in [1.54, 1.807) is 0 Å². The van der Waals surface area contributed by atoms with Gasteiger partial charge >= 0.3 is 0 Å². The third-order valence-electron chi connectivity index (χ3n) is 10.5. The minimum absolute atomic E-state index is 0.260. The van der Waals surface area contributed by atoms with Gasteiger partial charge in [0, 0.05) is 44.4 Å². The summed E-state index contributed by atoms with van der Waals surface area (Å²) in [5, 5.41) is 4.84. The van der Waals surface area contributed by atoms with Crippen LogP contribution in [0.2, 0.25) is 0 Å². The Morgan fingerprint density at radius 3 is 1.86 bits per heavy atom. The predicted octanol–water partition coefficient (Wildman–Crippen LogP) is 12.7. The van der Waals surface area contributed by atoms with E-state index in [2.05, 4.69) is 162 Å². The van der Waals surface area contributed by atoms with Gasteiger partial charge in [-0.25, -0.2) is 0 Å². The molecular formula is C48H34N2O. The van der Waals surface area contributed by atoms with Gasteiger partial charge in [0.05, 0.1) is 11.0 Å². The molecule has 0 bridgehead atoms. The Morgan fingerprint density at radius 1 is 0.529 bits per heavy atom. The number of fused-ring (bicyclic) bond motifs is 6. The van der Waals surface area contributed by atoms with Gasteiger partial charge in [0.1, 0.15) is 11.2 Å². The number of allylic oxidation sites excluding steroid dienone is 4. The lowest BCUT2D eigenvalue weighted by Crippen LogP contribution is -1.99. The minimum Gasteiger partial charge on any atom is -0.456 e. The van der Waals surface area contributed by atoms with Gasteiger partial charge in [-0.05, 0) is 94.4 Å². The molecule has 3 heteroatoms. The molecule has 9 aromatic rings. The van der Waals surface area contributed by atoms with Crippen molar-refractivity contribution in [1.29, 1.82) is 0 Å². The summed E-state index contributed by atoms with van der Waals surface area (Å²) in [6.07, 6.45) is 7.95. The van der Waals surface area contributed by atoms with Crippen LogP contribution in [0, 0.1) is 0 Å². The average Bonchev–Trinajstić information content (AvgIpc) is 3.74. The zero-order valence-corrected chi connectivity index (χ0v) is 28.0. The van der Waals surface area contributed by atoms with Crippen molar-refractivity contribution in [3.05, 3.63) is 187 Å². The number of nitrogen functional groups attached to an aromatic ring is 1. The van der Waals surface area contributed by atoms with Crippen LogP contribution < -0.4 is 5.73 Å². The highest BCUT2D eigenvalue weighted by Gasteiger charge is 2.20. The van der Waals surface area contributed by atoms with E-state index in [4.69, 9.17) is 10.2 Å². The number of aromatic nitrogens is 1. The molecule has 3 nitrogen and oxygen atoms in total. The van der Waals surface area contributed by atoms with E-state index in [0.717, 1.165) is 34.5 Å². The summed E-state index contributed by atoms with van der Waals surface area (Å²) in [6.45, 7) is 0. The van der Waals surface area contributed by atoms with Crippen LogP contribution in [-0.4, -0.2) is 4.57 Å². The zero-order chi connectivity index (χ0) is 33.9. The molecule has 0 saturated carbocycles. The predicted molar refractivity (Wildman–Crippen MR) is 214 cm³/mol. The van der Waals surface area contributed by atoms with Crippen molar-refractivity contribution in [3.63, 3.8) is 0 Å². The summed E-state index contributed by atoms with van der Waals surface area (Å²) in [6, 6.07) is 56.2. The molecule has 1 atom stereocenters. The fourth-order valence-electron chi connectivity index (χ4n) is 7.89. The van der Waals surface area contributed by atoms with Crippen LogP contribution in [0.1, 0.15) is 23.5 Å². The SMILES string of the molecule is Nc1ccc(-c2ccc(-c3ccc4c(c3)c3cc(C5=CCC(c6cccc7c6oc6ccccc67)C=C5)ccc3n4-c3ccccc3)cc2)cc1. The Kier molecular flexibility index (Phi) is 6.78. The van der Waals surface area contributed by atoms with E-state index in [-0.39, 0.29) is 5.92 Å². The molecule has 0 saturated heterocycles. The van der Waals surface area contributed by atoms with Crippen molar-refractivity contribution >= 4 is 55.0 Å². The molecule has 0 amide bonds. The van der Waals surface area contributed by atoms with Crippen molar-refractivity contribution in [2.45, 2.75) is 12.3 Å². The molecule has 2 heterocycles. The van der Waals surface area contributed by atoms with Gasteiger partial charge in [0.15, 0.2) is 0 Å². The Bertz CT molecular complexity index is 2820. The summed E-state index contributed by atoms with van der Waals surface area (Å²) in [5.41, 5.74) is 20.6. The van der Waals surface area contributed by atoms with E-state index >= 15 is 0 Å². The van der Waals surface area contributed by atoms with Crippen molar-refractivity contribution in [2.24, 2.45) is 0 Å². The Hall–Kier alpha value is -6.58. The summed E-state index contributed by atoms with van der Waals surface area (Å²) >= 11 is 0. The molecule has 0 spiro atoms. The summed E-state index contributed by atoms with van der Waals surface area (Å²) in [4.78, 5) is 0. The van der Waals surface area contributed by atoms with Crippen LogP contribution in [0.5, 0.6) is 0 Å². The van der Waals surface area contributed by atoms with Gasteiger partial charge in [0.25, 0.3) is 0 Å². The molecule has 2 N–H and O–H groups in total. The third kappa shape index (κ3) is 4.97. The highest BCUT2D eigenvalue weighted by molar-refractivity contribution is 6.11. The van der Waals surface area contributed by atoms with E-state index in [0.29, 0.717) is 0 Å². The maximum absolute atomic E-state index is 6.39. The van der Waals surface area contributed by atoms with Crippen LogP contribution in [0.3, 0.4) is 0 Å². The number of anilines is 1. The van der Waals surface area contributed by atoms with E-state index in [1.165, 1.54) is 66.0 Å². The number of nitrogens with zero attached hydrogens (tertiary/aromatic N) is 1. The maximum Gasteiger partial charge on any atom is 0.139 e. The lowest BCUT2D eigenvalue weighted by atomic mass is 9.87. The molecule has 10 rings (SSSR count). The van der Waals surface area contributed by atoms with Gasteiger partial charge in [-0.3, -0.25) is 0 Å². The third-order valence-corrected chi connectivity index (χ3v) is 10.5. The van der Waals surface area contributed by atoms with Crippen LogP contribution in [-0.2, 0) is 0 Å². The summed E-state index contributed by atoms with van der Waals surface area (Å²) in [5.74, 6) is 0.260. The minimum atomic E-state index is 0.260. The van der Waals surface area contributed by atoms with Gasteiger partial charge in [-0.2, -0.15) is 0 Å². The molecule has 1 aliphatic rings.